The molecule has 2 aliphatic heterocycles. The normalized spacial score (nSPS) is 24.4. The fourth-order valence-corrected chi connectivity index (χ4v) is 5.36. The highest BCUT2D eigenvalue weighted by molar-refractivity contribution is 6.05. The predicted molar refractivity (Wildman–Crippen MR) is 147 cm³/mol. The molecule has 4 rings (SSSR count). The molecule has 8 heteroatoms. The number of rotatable bonds is 7. The van der Waals surface area contributed by atoms with E-state index in [-0.39, 0.29) is 29.3 Å². The van der Waals surface area contributed by atoms with Crippen LogP contribution in [0.2, 0.25) is 0 Å². The van der Waals surface area contributed by atoms with Crippen molar-refractivity contribution in [3.63, 3.8) is 0 Å². The Morgan fingerprint density at radius 1 is 1.24 bits per heavy atom. The van der Waals surface area contributed by atoms with E-state index in [9.17, 15) is 13.6 Å². The minimum Gasteiger partial charge on any atom is -0.487 e. The van der Waals surface area contributed by atoms with Gasteiger partial charge in [0.15, 0.2) is 11.6 Å². The third-order valence-corrected chi connectivity index (χ3v) is 8.12. The lowest BCUT2D eigenvalue weighted by molar-refractivity contribution is -0.128. The summed E-state index contributed by atoms with van der Waals surface area (Å²) in [6.45, 7) is 10.9. The highest BCUT2D eigenvalue weighted by atomic mass is 19.1. The van der Waals surface area contributed by atoms with Gasteiger partial charge in [0.1, 0.15) is 11.9 Å². The molecular formula is C30H40F2N4O2. The molecule has 1 N–H and O–H groups in total. The van der Waals surface area contributed by atoms with Gasteiger partial charge in [-0.15, -0.1) is 0 Å². The number of carbonyl (C=O) groups excluding carboxylic acids is 1. The van der Waals surface area contributed by atoms with Crippen LogP contribution in [0.3, 0.4) is 0 Å². The first kappa shape index (κ1) is 28.2. The van der Waals surface area contributed by atoms with Crippen LogP contribution in [0.4, 0.5) is 8.78 Å². The van der Waals surface area contributed by atoms with Crippen molar-refractivity contribution in [1.82, 2.24) is 15.1 Å². The standard InChI is InChI=1S/C30H40F2N4O2/c1-20-10-14-36(22(3)37)19-27(20)34-29(23-7-6-13-30(4,18-23)33-5)21(2)35-15-11-25(12-16-35)38-28-9-8-24(31)17-26(28)32/h6-9,13,17,21,25,33H,10-12,14-16,18-19H2,1-5H3. The van der Waals surface area contributed by atoms with Gasteiger partial charge in [0.05, 0.1) is 18.0 Å². The Labute approximate surface area is 225 Å². The Morgan fingerprint density at radius 2 is 1.97 bits per heavy atom. The number of allylic oxidation sites excluding steroid dienone is 2. The lowest BCUT2D eigenvalue weighted by Crippen LogP contribution is -2.48. The molecule has 2 atom stereocenters. The van der Waals surface area contributed by atoms with Gasteiger partial charge in [-0.1, -0.05) is 18.2 Å². The molecule has 1 fully saturated rings. The number of likely N-dealkylation sites (N-methyl/N-ethyl adjacent to an activating group) is 1. The van der Waals surface area contributed by atoms with E-state index in [2.05, 4.69) is 49.2 Å². The van der Waals surface area contributed by atoms with Crippen molar-refractivity contribution in [3.05, 3.63) is 64.9 Å². The lowest BCUT2D eigenvalue weighted by atomic mass is 9.84. The zero-order valence-corrected chi connectivity index (χ0v) is 23.2. The molecular weight excluding hydrogens is 486 g/mol. The SMILES string of the molecule is CNC1(C)C=CC=C(C(=NC2=C(C)CCN(C(C)=O)C2)C(C)N2CCC(Oc3ccc(F)cc3F)CC2)C1. The van der Waals surface area contributed by atoms with Crippen LogP contribution in [-0.4, -0.2) is 72.3 Å². The molecule has 1 saturated heterocycles. The summed E-state index contributed by atoms with van der Waals surface area (Å²) in [6, 6.07) is 3.48. The van der Waals surface area contributed by atoms with E-state index >= 15 is 0 Å². The van der Waals surface area contributed by atoms with Crippen molar-refractivity contribution in [3.8, 4) is 5.75 Å². The number of hydrogen-bond donors (Lipinski definition) is 1. The van der Waals surface area contributed by atoms with E-state index in [1.165, 1.54) is 23.3 Å². The van der Waals surface area contributed by atoms with Crippen LogP contribution in [0.1, 0.15) is 53.4 Å². The van der Waals surface area contributed by atoms with Crippen LogP contribution >= 0.6 is 0 Å². The maximum Gasteiger partial charge on any atom is 0.219 e. The zero-order valence-electron chi connectivity index (χ0n) is 23.2. The van der Waals surface area contributed by atoms with E-state index in [0.717, 1.165) is 62.8 Å². The fourth-order valence-electron chi connectivity index (χ4n) is 5.36. The molecule has 3 aliphatic rings. The highest BCUT2D eigenvalue weighted by Crippen LogP contribution is 2.30. The van der Waals surface area contributed by atoms with Crippen molar-refractivity contribution in [2.24, 2.45) is 4.99 Å². The molecule has 1 aliphatic carbocycles. The number of benzene rings is 1. The second kappa shape index (κ2) is 11.9. The van der Waals surface area contributed by atoms with Crippen molar-refractivity contribution in [1.29, 1.82) is 0 Å². The molecule has 206 valence electrons. The highest BCUT2D eigenvalue weighted by Gasteiger charge is 2.32. The van der Waals surface area contributed by atoms with Crippen LogP contribution in [0.25, 0.3) is 0 Å². The summed E-state index contributed by atoms with van der Waals surface area (Å²) in [4.78, 5) is 21.6. The molecule has 1 aromatic rings. The van der Waals surface area contributed by atoms with Gasteiger partial charge < -0.3 is 15.0 Å². The lowest BCUT2D eigenvalue weighted by Gasteiger charge is -2.39. The zero-order chi connectivity index (χ0) is 27.4. The molecule has 0 radical (unpaired) electrons. The molecule has 1 aromatic carbocycles. The third-order valence-electron chi connectivity index (χ3n) is 8.12. The molecule has 1 amide bonds. The first-order chi connectivity index (χ1) is 18.1. The number of carbonyl (C=O) groups is 1. The molecule has 38 heavy (non-hydrogen) atoms. The summed E-state index contributed by atoms with van der Waals surface area (Å²) in [5, 5.41) is 3.42. The van der Waals surface area contributed by atoms with E-state index in [4.69, 9.17) is 9.73 Å². The van der Waals surface area contributed by atoms with Crippen LogP contribution < -0.4 is 10.1 Å². The van der Waals surface area contributed by atoms with Crippen LogP contribution in [0, 0.1) is 11.6 Å². The van der Waals surface area contributed by atoms with Gasteiger partial charge in [-0.25, -0.2) is 8.78 Å². The van der Waals surface area contributed by atoms with Gasteiger partial charge in [0.25, 0.3) is 0 Å². The average molecular weight is 527 g/mol. The third kappa shape index (κ3) is 6.59. The molecule has 0 bridgehead atoms. The van der Waals surface area contributed by atoms with Gasteiger partial charge in [0, 0.05) is 44.2 Å². The smallest absolute Gasteiger partial charge is 0.219 e. The summed E-state index contributed by atoms with van der Waals surface area (Å²) in [7, 11) is 1.97. The van der Waals surface area contributed by atoms with Gasteiger partial charge in [0.2, 0.25) is 5.91 Å². The van der Waals surface area contributed by atoms with Gasteiger partial charge in [-0.2, -0.15) is 0 Å². The van der Waals surface area contributed by atoms with Crippen LogP contribution in [0.5, 0.6) is 5.75 Å². The maximum atomic E-state index is 14.1. The minimum absolute atomic E-state index is 0.0466. The van der Waals surface area contributed by atoms with Crippen molar-refractivity contribution < 1.29 is 18.3 Å². The maximum absolute atomic E-state index is 14.1. The van der Waals surface area contributed by atoms with Crippen LogP contribution in [-0.2, 0) is 4.79 Å². The molecule has 0 saturated carbocycles. The molecule has 6 nitrogen and oxygen atoms in total. The number of piperidine rings is 1. The first-order valence-corrected chi connectivity index (χ1v) is 13.5. The molecule has 0 aromatic heterocycles. The second-order valence-corrected chi connectivity index (χ2v) is 10.9. The number of nitrogens with one attached hydrogen (secondary N) is 1. The van der Waals surface area contributed by atoms with E-state index in [0.29, 0.717) is 6.54 Å². The second-order valence-electron chi connectivity index (χ2n) is 10.9. The number of nitrogens with zero attached hydrogens (tertiary/aromatic N) is 3. The summed E-state index contributed by atoms with van der Waals surface area (Å²) in [5.41, 5.74) is 4.25. The summed E-state index contributed by atoms with van der Waals surface area (Å²) in [6.07, 6.45) is 9.42. The number of likely N-dealkylation sites (tertiary alicyclic amines) is 1. The number of amides is 1. The van der Waals surface area contributed by atoms with Crippen molar-refractivity contribution >= 4 is 11.6 Å². The summed E-state index contributed by atoms with van der Waals surface area (Å²) < 4.78 is 33.3. The summed E-state index contributed by atoms with van der Waals surface area (Å²) in [5.74, 6) is -1.11. The van der Waals surface area contributed by atoms with Crippen LogP contribution in [0.15, 0.2) is 58.3 Å². The average Bonchev–Trinajstić information content (AvgIpc) is 2.89. The van der Waals surface area contributed by atoms with Gasteiger partial charge >= 0.3 is 0 Å². The number of halogens is 2. The molecule has 0 spiro atoms. The van der Waals surface area contributed by atoms with Crippen molar-refractivity contribution in [2.45, 2.75) is 71.1 Å². The van der Waals surface area contributed by atoms with Crippen molar-refractivity contribution in [2.75, 3.05) is 33.2 Å². The van der Waals surface area contributed by atoms with E-state index in [1.54, 1.807) is 6.92 Å². The Morgan fingerprint density at radius 3 is 2.63 bits per heavy atom. The van der Waals surface area contributed by atoms with Gasteiger partial charge in [-0.05, 0) is 76.8 Å². The Kier molecular flexibility index (Phi) is 8.83. The number of hydrogen-bond acceptors (Lipinski definition) is 5. The number of ether oxygens (including phenoxy) is 1. The Balaban J connectivity index is 1.54. The fraction of sp³-hybridized carbons (Fsp3) is 0.533. The quantitative estimate of drug-likeness (QED) is 0.507. The summed E-state index contributed by atoms with van der Waals surface area (Å²) >= 11 is 0. The van der Waals surface area contributed by atoms with E-state index in [1.807, 2.05) is 11.9 Å². The van der Waals surface area contributed by atoms with Gasteiger partial charge in [-0.3, -0.25) is 14.7 Å². The topological polar surface area (TPSA) is 57.2 Å². The van der Waals surface area contributed by atoms with E-state index < -0.39 is 11.6 Å². The Hall–Kier alpha value is -2.84. The Bertz CT molecular complexity index is 1170. The minimum atomic E-state index is -0.671. The monoisotopic (exact) mass is 526 g/mol. The predicted octanol–water partition coefficient (Wildman–Crippen LogP) is 5.03. The molecule has 2 unspecified atom stereocenters. The molecule has 2 heterocycles. The largest absolute Gasteiger partial charge is 0.487 e. The first-order valence-electron chi connectivity index (χ1n) is 13.5. The number of aliphatic imine (C=N–C) groups is 1.